The molecule has 0 bridgehead atoms. The van der Waals surface area contributed by atoms with Gasteiger partial charge in [0.25, 0.3) is 0 Å². The lowest BCUT2D eigenvalue weighted by Gasteiger charge is -2.59. The van der Waals surface area contributed by atoms with Crippen LogP contribution in [-0.2, 0) is 19.6 Å². The van der Waals surface area contributed by atoms with E-state index in [9.17, 15) is 10.2 Å². The Kier molecular flexibility index (Phi) is 14.3. The fourth-order valence-corrected chi connectivity index (χ4v) is 11.7. The van der Waals surface area contributed by atoms with Crippen molar-refractivity contribution < 1.29 is 37.7 Å². The first-order chi connectivity index (χ1) is 29.6. The molecule has 2 N–H and O–H groups in total. The molecule has 326 valence electrons. The van der Waals surface area contributed by atoms with Crippen molar-refractivity contribution in [1.82, 2.24) is 9.29 Å². The molecule has 1 aliphatic heterocycles. The summed E-state index contributed by atoms with van der Waals surface area (Å²) in [6.07, 6.45) is 10.8. The smallest absolute Gasteiger partial charge is 0.245 e. The average molecular weight is 852 g/mol. The van der Waals surface area contributed by atoms with E-state index in [-0.39, 0.29) is 55.4 Å². The van der Waals surface area contributed by atoms with Gasteiger partial charge in [0.1, 0.15) is 28.8 Å². The second kappa shape index (κ2) is 19.6. The zero-order chi connectivity index (χ0) is 43.1. The maximum absolute atomic E-state index is 15.4. The van der Waals surface area contributed by atoms with Gasteiger partial charge in [-0.25, -0.2) is 8.42 Å². The zero-order valence-corrected chi connectivity index (χ0v) is 36.8. The number of sulfonamides is 1. The number of oxime groups is 1. The quantitative estimate of drug-likeness (QED) is 0.0506. The highest BCUT2D eigenvalue weighted by Crippen LogP contribution is 2.62. The summed E-state index contributed by atoms with van der Waals surface area (Å²) in [7, 11) is -4.25. The standard InChI is InChI=1S/C49H61N3O8S/c1-6-25-52(61(55,56)44-19-13-16-35-17-14-24-50-48(35)44)45-32-42(51-58-8-3)40-30-36(15-9-11-26-53)39(18-10-12-27-54)46-41-31-38(59-37-21-20-33(4)34(5)29-37)22-23-43(41)60-49(45,47(40)46)57-28-7-2/h7,13-14,16-17,19-24,29-31,36,39,45-47,53-54H,2,6,8-12,15,18,25-28,32H2,1,3-5H3. The molecule has 0 saturated heterocycles. The number of ether oxygens (including phenoxy) is 3. The molecule has 12 heteroatoms. The summed E-state index contributed by atoms with van der Waals surface area (Å²) in [6.45, 7) is 12.8. The molecule has 3 aliphatic rings. The van der Waals surface area contributed by atoms with Crippen molar-refractivity contribution in [2.24, 2.45) is 22.9 Å². The molecule has 11 nitrogen and oxygen atoms in total. The van der Waals surface area contributed by atoms with Crippen LogP contribution in [0, 0.1) is 31.6 Å². The number of aromatic nitrogens is 1. The highest BCUT2D eigenvalue weighted by molar-refractivity contribution is 7.89. The van der Waals surface area contributed by atoms with Crippen molar-refractivity contribution in [2.75, 3.05) is 33.0 Å². The molecule has 7 rings (SSSR count). The SMILES string of the molecule is C=CCOC12Oc3ccc(Oc4ccc(C)c(C)c4)cc3C3C(CCCCO)C(CCCCO)C=C(C(=NOCC)CC1N(CCC)S(=O)(=O)c1cccc4cccnc14)C32. The van der Waals surface area contributed by atoms with E-state index in [0.717, 1.165) is 53.5 Å². The van der Waals surface area contributed by atoms with E-state index in [1.54, 1.807) is 34.8 Å². The number of aliphatic hydroxyl groups is 2. The van der Waals surface area contributed by atoms with E-state index in [4.69, 9.17) is 24.2 Å². The number of aryl methyl sites for hydroxylation is 2. The van der Waals surface area contributed by atoms with Crippen LogP contribution in [-0.4, -0.2) is 78.4 Å². The van der Waals surface area contributed by atoms with Crippen molar-refractivity contribution in [3.05, 3.63) is 114 Å². The Hall–Kier alpha value is -4.59. The predicted octanol–water partition coefficient (Wildman–Crippen LogP) is 9.40. The van der Waals surface area contributed by atoms with Gasteiger partial charge in [0.15, 0.2) is 0 Å². The van der Waals surface area contributed by atoms with Crippen molar-refractivity contribution in [3.63, 3.8) is 0 Å². The number of para-hydroxylation sites is 1. The number of aliphatic hydroxyl groups excluding tert-OH is 2. The lowest BCUT2D eigenvalue weighted by atomic mass is 9.55. The average Bonchev–Trinajstić information content (AvgIpc) is 3.26. The highest BCUT2D eigenvalue weighted by atomic mass is 32.2. The molecule has 4 aromatic rings. The Labute approximate surface area is 361 Å². The third kappa shape index (κ3) is 8.88. The molecule has 1 fully saturated rings. The summed E-state index contributed by atoms with van der Waals surface area (Å²) < 4.78 is 53.5. The van der Waals surface area contributed by atoms with Crippen LogP contribution >= 0.6 is 0 Å². The number of unbranched alkanes of at least 4 members (excludes halogenated alkanes) is 2. The summed E-state index contributed by atoms with van der Waals surface area (Å²) in [5, 5.41) is 25.4. The van der Waals surface area contributed by atoms with Gasteiger partial charge in [0.2, 0.25) is 15.8 Å². The molecule has 6 atom stereocenters. The number of benzene rings is 3. The summed E-state index contributed by atoms with van der Waals surface area (Å²) in [5.41, 5.74) is 5.20. The molecule has 0 spiro atoms. The number of nitrogens with zero attached hydrogens (tertiary/aromatic N) is 3. The Bertz CT molecular complexity index is 2340. The Morgan fingerprint density at radius 3 is 2.46 bits per heavy atom. The molecular weight excluding hydrogens is 791 g/mol. The fourth-order valence-electron chi connectivity index (χ4n) is 9.82. The summed E-state index contributed by atoms with van der Waals surface area (Å²) in [4.78, 5) is 10.6. The van der Waals surface area contributed by atoms with Crippen molar-refractivity contribution in [1.29, 1.82) is 0 Å². The molecule has 6 unspecified atom stereocenters. The fraction of sp³-hybridized carbons (Fsp3) is 0.469. The molecule has 0 radical (unpaired) electrons. The highest BCUT2D eigenvalue weighted by Gasteiger charge is 2.66. The molecule has 1 saturated carbocycles. The minimum Gasteiger partial charge on any atom is -0.460 e. The number of rotatable bonds is 20. The van der Waals surface area contributed by atoms with Crippen molar-refractivity contribution in [2.45, 2.75) is 102 Å². The van der Waals surface area contributed by atoms with Crippen LogP contribution in [0.3, 0.4) is 0 Å². The minimum atomic E-state index is -4.25. The lowest BCUT2D eigenvalue weighted by molar-refractivity contribution is -0.251. The van der Waals surface area contributed by atoms with E-state index in [1.807, 2.05) is 50.2 Å². The molecule has 1 aromatic heterocycles. The monoisotopic (exact) mass is 851 g/mol. The van der Waals surface area contributed by atoms with Gasteiger partial charge < -0.3 is 29.3 Å². The number of hydrogen-bond acceptors (Lipinski definition) is 10. The van der Waals surface area contributed by atoms with Crippen LogP contribution in [0.1, 0.15) is 87.8 Å². The number of fused-ring (bicyclic) bond motifs is 3. The maximum Gasteiger partial charge on any atom is 0.245 e. The summed E-state index contributed by atoms with van der Waals surface area (Å²) in [6, 6.07) is 20.0. The summed E-state index contributed by atoms with van der Waals surface area (Å²) in [5.74, 6) is -0.271. The molecular formula is C49H61N3O8S. The zero-order valence-electron chi connectivity index (χ0n) is 36.0. The lowest BCUT2D eigenvalue weighted by Crippen LogP contribution is -2.70. The maximum atomic E-state index is 15.4. The van der Waals surface area contributed by atoms with Gasteiger partial charge in [-0.2, -0.15) is 4.31 Å². The van der Waals surface area contributed by atoms with Crippen molar-refractivity contribution >= 4 is 26.6 Å². The topological polar surface area (TPSA) is 140 Å². The molecule has 61 heavy (non-hydrogen) atoms. The second-order valence-electron chi connectivity index (χ2n) is 16.5. The van der Waals surface area contributed by atoms with Gasteiger partial charge in [0.05, 0.1) is 29.8 Å². The van der Waals surface area contributed by atoms with Crippen LogP contribution in [0.25, 0.3) is 10.9 Å². The van der Waals surface area contributed by atoms with E-state index in [0.29, 0.717) is 48.6 Å². The van der Waals surface area contributed by atoms with Crippen LogP contribution in [0.5, 0.6) is 17.2 Å². The Morgan fingerprint density at radius 1 is 0.967 bits per heavy atom. The molecule has 2 aliphatic carbocycles. The molecule has 0 amide bonds. The first kappa shape index (κ1) is 44.5. The predicted molar refractivity (Wildman–Crippen MR) is 238 cm³/mol. The van der Waals surface area contributed by atoms with Crippen LogP contribution in [0.4, 0.5) is 0 Å². The van der Waals surface area contributed by atoms with Crippen LogP contribution in [0.15, 0.2) is 107 Å². The van der Waals surface area contributed by atoms with E-state index < -0.39 is 27.8 Å². The largest absolute Gasteiger partial charge is 0.460 e. The van der Waals surface area contributed by atoms with Crippen molar-refractivity contribution in [3.8, 4) is 17.2 Å². The van der Waals surface area contributed by atoms with Gasteiger partial charge in [-0.05, 0) is 124 Å². The third-order valence-corrected chi connectivity index (χ3v) is 14.6. The Balaban J connectivity index is 1.48. The first-order valence-corrected chi connectivity index (χ1v) is 23.4. The van der Waals surface area contributed by atoms with Gasteiger partial charge in [-0.15, -0.1) is 6.58 Å². The van der Waals surface area contributed by atoms with E-state index >= 15 is 8.42 Å². The Morgan fingerprint density at radius 2 is 1.72 bits per heavy atom. The van der Waals surface area contributed by atoms with Crippen LogP contribution < -0.4 is 9.47 Å². The second-order valence-corrected chi connectivity index (χ2v) is 18.3. The normalized spacial score (nSPS) is 23.9. The summed E-state index contributed by atoms with van der Waals surface area (Å²) >= 11 is 0. The van der Waals surface area contributed by atoms with Crippen LogP contribution in [0.2, 0.25) is 0 Å². The van der Waals surface area contributed by atoms with Gasteiger partial charge in [0, 0.05) is 49.2 Å². The third-order valence-electron chi connectivity index (χ3n) is 12.6. The van der Waals surface area contributed by atoms with Gasteiger partial charge in [-0.3, -0.25) is 4.98 Å². The van der Waals surface area contributed by atoms with Gasteiger partial charge in [-0.1, -0.05) is 61.3 Å². The number of allylic oxidation sites excluding steroid dienone is 1. The van der Waals surface area contributed by atoms with E-state index in [1.165, 1.54) is 5.56 Å². The van der Waals surface area contributed by atoms with Gasteiger partial charge >= 0.3 is 0 Å². The molecule has 2 heterocycles. The molecule has 3 aromatic carbocycles. The van der Waals surface area contributed by atoms with E-state index in [2.05, 4.69) is 43.6 Å². The minimum absolute atomic E-state index is 0.0239. The number of pyridine rings is 1. The first-order valence-electron chi connectivity index (χ1n) is 21.9. The number of hydrogen-bond donors (Lipinski definition) is 2.